The summed E-state index contributed by atoms with van der Waals surface area (Å²) in [5, 5.41) is 0.754. The Morgan fingerprint density at radius 1 is 1.05 bits per heavy atom. The molecule has 0 aliphatic rings. The van der Waals surface area contributed by atoms with Gasteiger partial charge < -0.3 is 4.57 Å². The molecule has 0 atom stereocenters. The lowest BCUT2D eigenvalue weighted by Gasteiger charge is -2.09. The number of hydrogen-bond donors (Lipinski definition) is 0. The summed E-state index contributed by atoms with van der Waals surface area (Å²) in [7, 11) is 0. The van der Waals surface area contributed by atoms with Gasteiger partial charge in [-0.15, -0.1) is 0 Å². The average molecular weight is 311 g/mol. The van der Waals surface area contributed by atoms with Crippen LogP contribution in [-0.2, 0) is 6.54 Å². The molecule has 22 heavy (non-hydrogen) atoms. The van der Waals surface area contributed by atoms with Crippen LogP contribution in [0.25, 0.3) is 23.2 Å². The van der Waals surface area contributed by atoms with Crippen molar-refractivity contribution in [3.05, 3.63) is 64.9 Å². The number of nitrogens with zero attached hydrogens (tertiary/aromatic N) is 2. The van der Waals surface area contributed by atoms with Crippen LogP contribution in [0.2, 0.25) is 5.02 Å². The predicted octanol–water partition coefficient (Wildman–Crippen LogP) is 5.52. The minimum atomic E-state index is 0.570. The number of benzene rings is 2. The highest BCUT2D eigenvalue weighted by Gasteiger charge is 2.09. The number of imidazole rings is 1. The van der Waals surface area contributed by atoms with Gasteiger partial charge in [-0.2, -0.15) is 0 Å². The van der Waals surface area contributed by atoms with Crippen LogP contribution in [-0.4, -0.2) is 9.55 Å². The lowest BCUT2D eigenvalue weighted by atomic mass is 10.2. The minimum Gasteiger partial charge on any atom is -0.324 e. The second-order valence-corrected chi connectivity index (χ2v) is 6.28. The van der Waals surface area contributed by atoms with Crippen molar-refractivity contribution in [1.82, 2.24) is 9.55 Å². The molecule has 0 bridgehead atoms. The first kappa shape index (κ1) is 14.9. The van der Waals surface area contributed by atoms with E-state index in [9.17, 15) is 0 Å². The quantitative estimate of drug-likeness (QED) is 0.620. The molecule has 0 fully saturated rings. The van der Waals surface area contributed by atoms with Crippen LogP contribution in [0.5, 0.6) is 0 Å². The molecule has 0 aliphatic heterocycles. The molecular weight excluding hydrogens is 292 g/mol. The highest BCUT2D eigenvalue weighted by molar-refractivity contribution is 6.30. The summed E-state index contributed by atoms with van der Waals surface area (Å²) >= 11 is 5.92. The topological polar surface area (TPSA) is 17.8 Å². The van der Waals surface area contributed by atoms with Gasteiger partial charge in [0.2, 0.25) is 0 Å². The maximum atomic E-state index is 5.92. The van der Waals surface area contributed by atoms with Crippen LogP contribution >= 0.6 is 11.6 Å². The zero-order chi connectivity index (χ0) is 15.5. The molecule has 3 rings (SSSR count). The Balaban J connectivity index is 2.00. The molecule has 0 amide bonds. The molecule has 0 aliphatic carbocycles. The molecule has 1 heterocycles. The van der Waals surface area contributed by atoms with Gasteiger partial charge in [-0.3, -0.25) is 0 Å². The maximum absolute atomic E-state index is 5.92. The van der Waals surface area contributed by atoms with E-state index in [1.165, 1.54) is 5.52 Å². The van der Waals surface area contributed by atoms with Crippen molar-refractivity contribution in [1.29, 1.82) is 0 Å². The zero-order valence-electron chi connectivity index (χ0n) is 12.8. The van der Waals surface area contributed by atoms with Crippen LogP contribution in [0.1, 0.15) is 25.2 Å². The van der Waals surface area contributed by atoms with Crippen molar-refractivity contribution in [2.75, 3.05) is 0 Å². The molecule has 0 saturated carbocycles. The molecule has 0 saturated heterocycles. The van der Waals surface area contributed by atoms with Gasteiger partial charge in [-0.05, 0) is 41.8 Å². The van der Waals surface area contributed by atoms with Crippen molar-refractivity contribution in [2.24, 2.45) is 5.92 Å². The molecular formula is C19H19ClN2. The number of aromatic nitrogens is 2. The molecule has 2 aromatic carbocycles. The molecule has 3 aromatic rings. The first-order chi connectivity index (χ1) is 10.6. The SMILES string of the molecule is CC(C)Cn1c(C=Cc2ccc(Cl)cc2)nc2ccccc21. The summed E-state index contributed by atoms with van der Waals surface area (Å²) in [5.41, 5.74) is 3.35. The first-order valence-electron chi connectivity index (χ1n) is 7.52. The minimum absolute atomic E-state index is 0.570. The highest BCUT2D eigenvalue weighted by atomic mass is 35.5. The highest BCUT2D eigenvalue weighted by Crippen LogP contribution is 2.20. The van der Waals surface area contributed by atoms with Gasteiger partial charge in [0, 0.05) is 11.6 Å². The van der Waals surface area contributed by atoms with Crippen molar-refractivity contribution >= 4 is 34.8 Å². The van der Waals surface area contributed by atoms with E-state index < -0.39 is 0 Å². The summed E-state index contributed by atoms with van der Waals surface area (Å²) in [6.45, 7) is 5.41. The van der Waals surface area contributed by atoms with Gasteiger partial charge in [0.1, 0.15) is 5.82 Å². The molecule has 1 aromatic heterocycles. The summed E-state index contributed by atoms with van der Waals surface area (Å²) in [6, 6.07) is 16.1. The third-order valence-corrected chi connectivity index (χ3v) is 3.78. The fourth-order valence-electron chi connectivity index (χ4n) is 2.52. The number of hydrogen-bond acceptors (Lipinski definition) is 1. The van der Waals surface area contributed by atoms with Gasteiger partial charge in [0.05, 0.1) is 11.0 Å². The smallest absolute Gasteiger partial charge is 0.133 e. The first-order valence-corrected chi connectivity index (χ1v) is 7.90. The van der Waals surface area contributed by atoms with E-state index in [2.05, 4.69) is 48.8 Å². The molecule has 0 N–H and O–H groups in total. The second kappa shape index (κ2) is 6.37. The van der Waals surface area contributed by atoms with E-state index in [1.54, 1.807) is 0 Å². The van der Waals surface area contributed by atoms with Crippen LogP contribution in [0.4, 0.5) is 0 Å². The third-order valence-electron chi connectivity index (χ3n) is 3.53. The Hall–Kier alpha value is -2.06. The van der Waals surface area contributed by atoms with E-state index >= 15 is 0 Å². The van der Waals surface area contributed by atoms with Crippen molar-refractivity contribution in [3.8, 4) is 0 Å². The lowest BCUT2D eigenvalue weighted by Crippen LogP contribution is -2.06. The number of para-hydroxylation sites is 2. The molecule has 0 unspecified atom stereocenters. The molecule has 2 nitrogen and oxygen atoms in total. The predicted molar refractivity (Wildman–Crippen MR) is 95.0 cm³/mol. The van der Waals surface area contributed by atoms with Crippen molar-refractivity contribution in [2.45, 2.75) is 20.4 Å². The Labute approximate surface area is 136 Å². The maximum Gasteiger partial charge on any atom is 0.133 e. The summed E-state index contributed by atoms with van der Waals surface area (Å²) in [6.07, 6.45) is 4.15. The molecule has 0 spiro atoms. The zero-order valence-corrected chi connectivity index (χ0v) is 13.6. The van der Waals surface area contributed by atoms with Crippen molar-refractivity contribution in [3.63, 3.8) is 0 Å². The van der Waals surface area contributed by atoms with Crippen LogP contribution in [0.3, 0.4) is 0 Å². The number of rotatable bonds is 4. The second-order valence-electron chi connectivity index (χ2n) is 5.85. The van der Waals surface area contributed by atoms with E-state index in [0.29, 0.717) is 5.92 Å². The van der Waals surface area contributed by atoms with Crippen LogP contribution in [0.15, 0.2) is 48.5 Å². The monoisotopic (exact) mass is 310 g/mol. The van der Waals surface area contributed by atoms with E-state index in [4.69, 9.17) is 16.6 Å². The fourth-order valence-corrected chi connectivity index (χ4v) is 2.65. The van der Waals surface area contributed by atoms with E-state index in [0.717, 1.165) is 28.5 Å². The van der Waals surface area contributed by atoms with Crippen molar-refractivity contribution < 1.29 is 0 Å². The Morgan fingerprint density at radius 2 is 1.77 bits per heavy atom. The lowest BCUT2D eigenvalue weighted by molar-refractivity contribution is 0.530. The van der Waals surface area contributed by atoms with E-state index in [-0.39, 0.29) is 0 Å². The van der Waals surface area contributed by atoms with E-state index in [1.807, 2.05) is 30.3 Å². The summed E-state index contributed by atoms with van der Waals surface area (Å²) in [4.78, 5) is 4.75. The van der Waals surface area contributed by atoms with Crippen LogP contribution < -0.4 is 0 Å². The molecule has 0 radical (unpaired) electrons. The molecule has 3 heteroatoms. The summed E-state index contributed by atoms with van der Waals surface area (Å²) in [5.74, 6) is 1.56. The molecule has 112 valence electrons. The fraction of sp³-hybridized carbons (Fsp3) is 0.211. The van der Waals surface area contributed by atoms with Gasteiger partial charge in [0.15, 0.2) is 0 Å². The largest absolute Gasteiger partial charge is 0.324 e. The normalized spacial score (nSPS) is 11.8. The average Bonchev–Trinajstić information content (AvgIpc) is 2.84. The number of fused-ring (bicyclic) bond motifs is 1. The van der Waals surface area contributed by atoms with Gasteiger partial charge in [0.25, 0.3) is 0 Å². The van der Waals surface area contributed by atoms with Crippen LogP contribution in [0, 0.1) is 5.92 Å². The Morgan fingerprint density at radius 3 is 2.50 bits per heavy atom. The van der Waals surface area contributed by atoms with Gasteiger partial charge in [-0.1, -0.05) is 55.8 Å². The number of halogens is 1. The van der Waals surface area contributed by atoms with Gasteiger partial charge in [-0.25, -0.2) is 4.98 Å². The summed E-state index contributed by atoms with van der Waals surface area (Å²) < 4.78 is 2.28. The third kappa shape index (κ3) is 3.23. The van der Waals surface area contributed by atoms with Gasteiger partial charge >= 0.3 is 0 Å². The standard InChI is InChI=1S/C19H19ClN2/c1-14(2)13-22-18-6-4-3-5-17(18)21-19(22)12-9-15-7-10-16(20)11-8-15/h3-12,14H,13H2,1-2H3. The Bertz CT molecular complexity index is 798. The Kier molecular flexibility index (Phi) is 4.30.